The third-order valence-electron chi connectivity index (χ3n) is 2.08. The van der Waals surface area contributed by atoms with Crippen LogP contribution in [0.1, 0.15) is 12.8 Å². The van der Waals surface area contributed by atoms with Crippen LogP contribution in [0.25, 0.3) is 0 Å². The van der Waals surface area contributed by atoms with Gasteiger partial charge in [0.1, 0.15) is 0 Å². The van der Waals surface area contributed by atoms with E-state index in [4.69, 9.17) is 0 Å². The number of rotatable bonds is 6. The van der Waals surface area contributed by atoms with Crippen LogP contribution in [-0.4, -0.2) is 40.6 Å². The lowest BCUT2D eigenvalue weighted by atomic mass is 10.5. The molecule has 1 nitrogen and oxygen atoms in total. The molecule has 84 valence electrons. The van der Waals surface area contributed by atoms with Gasteiger partial charge in [0.25, 0.3) is 0 Å². The molecule has 0 bridgehead atoms. The maximum absolute atomic E-state index is 11.8. The van der Waals surface area contributed by atoms with Gasteiger partial charge in [0, 0.05) is 30.2 Å². The summed E-state index contributed by atoms with van der Waals surface area (Å²) < 4.78 is 35.5. The molecule has 1 aliphatic rings. The van der Waals surface area contributed by atoms with Crippen LogP contribution < -0.4 is 0 Å². The smallest absolute Gasteiger partial charge is 0.299 e. The van der Waals surface area contributed by atoms with Gasteiger partial charge in [0.2, 0.25) is 0 Å². The van der Waals surface area contributed by atoms with Gasteiger partial charge in [-0.1, -0.05) is 15.9 Å². The third-order valence-corrected chi connectivity index (χ3v) is 3.15. The minimum absolute atomic E-state index is 0.0760. The molecule has 0 radical (unpaired) electrons. The number of hydrogen-bond acceptors (Lipinski definition) is 2. The summed E-state index contributed by atoms with van der Waals surface area (Å²) in [4.78, 5) is 2.13. The van der Waals surface area contributed by atoms with Gasteiger partial charge >= 0.3 is 5.51 Å². The van der Waals surface area contributed by atoms with Crippen molar-refractivity contribution in [2.24, 2.45) is 0 Å². The van der Waals surface area contributed by atoms with Gasteiger partial charge in [-0.3, -0.25) is 4.90 Å². The number of nitrogens with zero attached hydrogens (tertiary/aromatic N) is 1. The van der Waals surface area contributed by atoms with Crippen LogP contribution in [0.15, 0.2) is 0 Å². The van der Waals surface area contributed by atoms with E-state index >= 15 is 0 Å². The standard InChI is InChI=1S/C8H13BrF3NS/c9-3-4-13(7-1-2-7)5-6-14-8(10,11)12/h7H,1-6H2. The van der Waals surface area contributed by atoms with E-state index in [0.29, 0.717) is 12.6 Å². The van der Waals surface area contributed by atoms with Crippen molar-refractivity contribution in [2.45, 2.75) is 24.4 Å². The Hall–Kier alpha value is 0.580. The van der Waals surface area contributed by atoms with Crippen molar-refractivity contribution in [1.82, 2.24) is 4.90 Å². The minimum atomic E-state index is -4.08. The Kier molecular flexibility index (Phi) is 5.06. The molecule has 6 heteroatoms. The molecule has 0 amide bonds. The van der Waals surface area contributed by atoms with Crippen molar-refractivity contribution in [2.75, 3.05) is 24.2 Å². The van der Waals surface area contributed by atoms with E-state index in [0.717, 1.165) is 24.7 Å². The molecule has 0 aromatic heterocycles. The van der Waals surface area contributed by atoms with Crippen molar-refractivity contribution < 1.29 is 13.2 Å². The lowest BCUT2D eigenvalue weighted by molar-refractivity contribution is -0.0328. The Labute approximate surface area is 94.5 Å². The third kappa shape index (κ3) is 5.46. The number of thioether (sulfide) groups is 1. The van der Waals surface area contributed by atoms with E-state index in [9.17, 15) is 13.2 Å². The van der Waals surface area contributed by atoms with Gasteiger partial charge in [0.05, 0.1) is 0 Å². The first-order valence-electron chi connectivity index (χ1n) is 4.53. The highest BCUT2D eigenvalue weighted by atomic mass is 79.9. The van der Waals surface area contributed by atoms with E-state index in [-0.39, 0.29) is 17.5 Å². The first kappa shape index (κ1) is 12.6. The largest absolute Gasteiger partial charge is 0.441 e. The molecule has 1 saturated carbocycles. The fourth-order valence-electron chi connectivity index (χ4n) is 1.30. The Bertz CT molecular complexity index is 172. The molecule has 0 aromatic rings. The van der Waals surface area contributed by atoms with E-state index in [2.05, 4.69) is 20.8 Å². The Morgan fingerprint density at radius 1 is 1.29 bits per heavy atom. The maximum atomic E-state index is 11.8. The molecule has 0 spiro atoms. The monoisotopic (exact) mass is 291 g/mol. The molecule has 1 rings (SSSR count). The van der Waals surface area contributed by atoms with Crippen LogP contribution in [0.2, 0.25) is 0 Å². The second-order valence-electron chi connectivity index (χ2n) is 3.25. The normalized spacial score (nSPS) is 17.8. The van der Waals surface area contributed by atoms with Crippen molar-refractivity contribution in [3.05, 3.63) is 0 Å². The molecule has 14 heavy (non-hydrogen) atoms. The van der Waals surface area contributed by atoms with Gasteiger partial charge in [-0.05, 0) is 24.6 Å². The molecule has 0 atom stereocenters. The van der Waals surface area contributed by atoms with Crippen LogP contribution in [-0.2, 0) is 0 Å². The van der Waals surface area contributed by atoms with Crippen molar-refractivity contribution in [3.8, 4) is 0 Å². The number of alkyl halides is 4. The zero-order valence-corrected chi connectivity index (χ0v) is 10.1. The molecule has 0 N–H and O–H groups in total. The molecular weight excluding hydrogens is 279 g/mol. The fraction of sp³-hybridized carbons (Fsp3) is 1.00. The van der Waals surface area contributed by atoms with Gasteiger partial charge in [-0.2, -0.15) is 13.2 Å². The van der Waals surface area contributed by atoms with Gasteiger partial charge in [-0.25, -0.2) is 0 Å². The molecular formula is C8H13BrF3NS. The second kappa shape index (κ2) is 5.61. The predicted octanol–water partition coefficient (Wildman–Crippen LogP) is 3.10. The molecule has 0 heterocycles. The summed E-state index contributed by atoms with van der Waals surface area (Å²) in [6.45, 7) is 1.39. The van der Waals surface area contributed by atoms with Crippen molar-refractivity contribution >= 4 is 27.7 Å². The maximum Gasteiger partial charge on any atom is 0.441 e. The summed E-state index contributed by atoms with van der Waals surface area (Å²) in [5.74, 6) is 0.146. The molecule has 0 aromatic carbocycles. The van der Waals surface area contributed by atoms with Crippen LogP contribution >= 0.6 is 27.7 Å². The first-order chi connectivity index (χ1) is 6.53. The summed E-state index contributed by atoms with van der Waals surface area (Å²) >= 11 is 3.38. The summed E-state index contributed by atoms with van der Waals surface area (Å²) in [5, 5.41) is 0.834. The summed E-state index contributed by atoms with van der Waals surface area (Å²) in [7, 11) is 0. The lowest BCUT2D eigenvalue weighted by Crippen LogP contribution is -2.30. The molecule has 0 aliphatic heterocycles. The highest BCUT2D eigenvalue weighted by molar-refractivity contribution is 9.09. The van der Waals surface area contributed by atoms with Gasteiger partial charge in [0.15, 0.2) is 0 Å². The zero-order valence-electron chi connectivity index (χ0n) is 7.69. The quantitative estimate of drug-likeness (QED) is 0.692. The van der Waals surface area contributed by atoms with Gasteiger partial charge in [-0.15, -0.1) is 0 Å². The average Bonchev–Trinajstić information content (AvgIpc) is 2.83. The molecule has 1 aliphatic carbocycles. The molecule has 1 fully saturated rings. The van der Waals surface area contributed by atoms with E-state index in [1.54, 1.807) is 0 Å². The molecule has 0 saturated heterocycles. The predicted molar refractivity (Wildman–Crippen MR) is 56.9 cm³/mol. The van der Waals surface area contributed by atoms with Crippen LogP contribution in [0.5, 0.6) is 0 Å². The Balaban J connectivity index is 2.13. The molecule has 0 unspecified atom stereocenters. The highest BCUT2D eigenvalue weighted by Gasteiger charge is 2.31. The highest BCUT2D eigenvalue weighted by Crippen LogP contribution is 2.31. The Morgan fingerprint density at radius 2 is 1.93 bits per heavy atom. The zero-order chi connectivity index (χ0) is 10.6. The second-order valence-corrected chi connectivity index (χ2v) is 5.20. The van der Waals surface area contributed by atoms with Crippen LogP contribution in [0, 0.1) is 0 Å². The first-order valence-corrected chi connectivity index (χ1v) is 6.64. The summed E-state index contributed by atoms with van der Waals surface area (Å²) in [6.07, 6.45) is 2.29. The summed E-state index contributed by atoms with van der Waals surface area (Å²) in [6, 6.07) is 0.543. The van der Waals surface area contributed by atoms with Crippen molar-refractivity contribution in [1.29, 1.82) is 0 Å². The average molecular weight is 292 g/mol. The minimum Gasteiger partial charge on any atom is -0.299 e. The summed E-state index contributed by atoms with van der Waals surface area (Å²) in [5.41, 5.74) is -4.08. The van der Waals surface area contributed by atoms with E-state index < -0.39 is 5.51 Å². The number of hydrogen-bond donors (Lipinski definition) is 0. The Morgan fingerprint density at radius 3 is 2.36 bits per heavy atom. The van der Waals surface area contributed by atoms with Crippen LogP contribution in [0.3, 0.4) is 0 Å². The van der Waals surface area contributed by atoms with Crippen LogP contribution in [0.4, 0.5) is 13.2 Å². The van der Waals surface area contributed by atoms with E-state index in [1.807, 2.05) is 0 Å². The fourth-order valence-corrected chi connectivity index (χ4v) is 2.32. The van der Waals surface area contributed by atoms with Gasteiger partial charge < -0.3 is 0 Å². The SMILES string of the molecule is FC(F)(F)SCCN(CCBr)C1CC1. The lowest BCUT2D eigenvalue weighted by Gasteiger charge is -2.20. The topological polar surface area (TPSA) is 3.24 Å². The van der Waals surface area contributed by atoms with E-state index in [1.165, 1.54) is 0 Å². The number of halogens is 4. The van der Waals surface area contributed by atoms with Crippen molar-refractivity contribution in [3.63, 3.8) is 0 Å².